The molecule has 2 saturated heterocycles. The van der Waals surface area contributed by atoms with E-state index in [0.29, 0.717) is 18.3 Å². The quantitative estimate of drug-likeness (QED) is 0.856. The van der Waals surface area contributed by atoms with E-state index in [0.717, 1.165) is 39.0 Å². The summed E-state index contributed by atoms with van der Waals surface area (Å²) in [6.45, 7) is 10.9. The van der Waals surface area contributed by atoms with Crippen molar-refractivity contribution in [3.63, 3.8) is 0 Å². The molecular formula is C17H27N3O3. The Morgan fingerprint density at radius 3 is 2.65 bits per heavy atom. The Bertz CT molecular complexity index is 575. The molecule has 2 aliphatic heterocycles. The minimum Gasteiger partial charge on any atom is -0.381 e. The van der Waals surface area contributed by atoms with Crippen molar-refractivity contribution in [1.82, 2.24) is 15.0 Å². The highest BCUT2D eigenvalue weighted by atomic mass is 16.5. The second kappa shape index (κ2) is 5.89. The minimum atomic E-state index is -0.327. The van der Waals surface area contributed by atoms with Gasteiger partial charge in [-0.25, -0.2) is 0 Å². The fourth-order valence-electron chi connectivity index (χ4n) is 3.78. The molecule has 0 aliphatic carbocycles. The number of hydrogen-bond acceptors (Lipinski definition) is 5. The topological polar surface area (TPSA) is 68.5 Å². The van der Waals surface area contributed by atoms with Crippen LogP contribution in [0, 0.1) is 17.8 Å². The first-order valence-electron chi connectivity index (χ1n) is 8.55. The van der Waals surface area contributed by atoms with E-state index in [9.17, 15) is 4.79 Å². The summed E-state index contributed by atoms with van der Waals surface area (Å²) in [6, 6.07) is 0. The largest absolute Gasteiger partial charge is 0.381 e. The lowest BCUT2D eigenvalue weighted by molar-refractivity contribution is -0.140. The van der Waals surface area contributed by atoms with Crippen LogP contribution in [0.3, 0.4) is 0 Å². The summed E-state index contributed by atoms with van der Waals surface area (Å²) in [5.41, 5.74) is -0.317. The van der Waals surface area contributed by atoms with Crippen molar-refractivity contribution in [2.45, 2.75) is 52.9 Å². The number of aryl methyl sites for hydroxylation is 1. The lowest BCUT2D eigenvalue weighted by Gasteiger charge is -2.36. The van der Waals surface area contributed by atoms with Gasteiger partial charge in [-0.15, -0.1) is 0 Å². The predicted octanol–water partition coefficient (Wildman–Crippen LogP) is 2.54. The van der Waals surface area contributed by atoms with Crippen LogP contribution in [0.25, 0.3) is 0 Å². The fraction of sp³-hybridized carbons (Fsp3) is 0.824. The number of aromatic nitrogens is 2. The normalized spacial score (nSPS) is 24.3. The summed E-state index contributed by atoms with van der Waals surface area (Å²) in [5, 5.41) is 3.95. The van der Waals surface area contributed by atoms with Crippen LogP contribution >= 0.6 is 0 Å². The van der Waals surface area contributed by atoms with Gasteiger partial charge in [-0.2, -0.15) is 4.98 Å². The molecular weight excluding hydrogens is 294 g/mol. The molecule has 128 valence electrons. The molecule has 6 heteroatoms. The SMILES string of the molecule is CCC(C)(C)C(=O)N1C[C@@H](c2nc(C)no2)C2(CCOCC2)C1. The molecule has 1 aromatic rings. The molecule has 0 saturated carbocycles. The zero-order valence-corrected chi connectivity index (χ0v) is 14.6. The first-order valence-corrected chi connectivity index (χ1v) is 8.55. The van der Waals surface area contributed by atoms with Crippen LogP contribution in [0.15, 0.2) is 4.52 Å². The molecule has 2 fully saturated rings. The van der Waals surface area contributed by atoms with Crippen LogP contribution < -0.4 is 0 Å². The van der Waals surface area contributed by atoms with Gasteiger partial charge in [0.25, 0.3) is 0 Å². The van der Waals surface area contributed by atoms with Crippen LogP contribution in [0.1, 0.15) is 57.7 Å². The van der Waals surface area contributed by atoms with Crippen LogP contribution in [0.5, 0.6) is 0 Å². The van der Waals surface area contributed by atoms with Gasteiger partial charge < -0.3 is 14.2 Å². The Balaban J connectivity index is 1.89. The van der Waals surface area contributed by atoms with E-state index >= 15 is 0 Å². The van der Waals surface area contributed by atoms with Crippen molar-refractivity contribution in [3.8, 4) is 0 Å². The number of ether oxygens (including phenoxy) is 1. The number of amides is 1. The highest BCUT2D eigenvalue weighted by Crippen LogP contribution is 2.49. The maximum absolute atomic E-state index is 12.9. The monoisotopic (exact) mass is 321 g/mol. The first-order chi connectivity index (χ1) is 10.9. The highest BCUT2D eigenvalue weighted by molar-refractivity contribution is 5.82. The van der Waals surface area contributed by atoms with Crippen molar-refractivity contribution in [3.05, 3.63) is 11.7 Å². The van der Waals surface area contributed by atoms with Gasteiger partial charge in [0.2, 0.25) is 11.8 Å². The molecule has 0 unspecified atom stereocenters. The second-order valence-corrected chi connectivity index (χ2v) is 7.63. The second-order valence-electron chi connectivity index (χ2n) is 7.63. The fourth-order valence-corrected chi connectivity index (χ4v) is 3.78. The predicted molar refractivity (Wildman–Crippen MR) is 84.9 cm³/mol. The smallest absolute Gasteiger partial charge is 0.232 e. The van der Waals surface area contributed by atoms with Crippen LogP contribution in [0.4, 0.5) is 0 Å². The van der Waals surface area contributed by atoms with Gasteiger partial charge in [-0.05, 0) is 26.2 Å². The number of hydrogen-bond donors (Lipinski definition) is 0. The summed E-state index contributed by atoms with van der Waals surface area (Å²) in [5.74, 6) is 1.67. The van der Waals surface area contributed by atoms with E-state index in [1.165, 1.54) is 0 Å². The zero-order valence-electron chi connectivity index (χ0n) is 14.6. The number of nitrogens with zero attached hydrogens (tertiary/aromatic N) is 3. The summed E-state index contributed by atoms with van der Waals surface area (Å²) in [4.78, 5) is 19.4. The lowest BCUT2D eigenvalue weighted by atomic mass is 9.72. The van der Waals surface area contributed by atoms with E-state index in [1.807, 2.05) is 25.7 Å². The number of carbonyl (C=O) groups excluding carboxylic acids is 1. The van der Waals surface area contributed by atoms with Gasteiger partial charge in [0.15, 0.2) is 5.82 Å². The van der Waals surface area contributed by atoms with Gasteiger partial charge in [-0.3, -0.25) is 4.79 Å². The summed E-state index contributed by atoms with van der Waals surface area (Å²) in [6.07, 6.45) is 2.72. The van der Waals surface area contributed by atoms with E-state index < -0.39 is 0 Å². The van der Waals surface area contributed by atoms with Crippen molar-refractivity contribution in [2.24, 2.45) is 10.8 Å². The minimum absolute atomic E-state index is 0.0106. The molecule has 1 atom stereocenters. The van der Waals surface area contributed by atoms with E-state index in [-0.39, 0.29) is 22.7 Å². The summed E-state index contributed by atoms with van der Waals surface area (Å²) < 4.78 is 11.0. The van der Waals surface area contributed by atoms with Crippen LogP contribution in [0.2, 0.25) is 0 Å². The maximum atomic E-state index is 12.9. The van der Waals surface area contributed by atoms with Crippen LogP contribution in [-0.2, 0) is 9.53 Å². The molecule has 23 heavy (non-hydrogen) atoms. The molecule has 3 rings (SSSR count). The Morgan fingerprint density at radius 2 is 2.09 bits per heavy atom. The number of likely N-dealkylation sites (tertiary alicyclic amines) is 1. The Kier molecular flexibility index (Phi) is 4.21. The first kappa shape index (κ1) is 16.4. The number of rotatable bonds is 3. The standard InChI is InChI=1S/C17H27N3O3/c1-5-16(3,4)15(21)20-10-13(14-18-12(2)19-23-14)17(11-20)6-8-22-9-7-17/h13H,5-11H2,1-4H3/t13-/m0/s1. The number of carbonyl (C=O) groups is 1. The molecule has 1 aromatic heterocycles. The van der Waals surface area contributed by atoms with E-state index in [2.05, 4.69) is 17.1 Å². The van der Waals surface area contributed by atoms with Gasteiger partial charge >= 0.3 is 0 Å². The average Bonchev–Trinajstić information content (AvgIpc) is 3.11. The zero-order chi connectivity index (χ0) is 16.7. The van der Waals surface area contributed by atoms with Crippen LogP contribution in [-0.4, -0.2) is 47.3 Å². The maximum Gasteiger partial charge on any atom is 0.232 e. The molecule has 1 amide bonds. The van der Waals surface area contributed by atoms with Crippen molar-refractivity contribution in [1.29, 1.82) is 0 Å². The Hall–Kier alpha value is -1.43. The Labute approximate surface area is 137 Å². The van der Waals surface area contributed by atoms with E-state index in [1.54, 1.807) is 0 Å². The molecule has 6 nitrogen and oxygen atoms in total. The van der Waals surface area contributed by atoms with Crippen molar-refractivity contribution in [2.75, 3.05) is 26.3 Å². The third-order valence-electron chi connectivity index (χ3n) is 5.73. The molecule has 1 spiro atoms. The molecule has 0 aromatic carbocycles. The summed E-state index contributed by atoms with van der Waals surface area (Å²) in [7, 11) is 0. The molecule has 0 radical (unpaired) electrons. The molecule has 2 aliphatic rings. The van der Waals surface area contributed by atoms with Gasteiger partial charge in [0.05, 0.1) is 5.92 Å². The molecule has 0 bridgehead atoms. The highest BCUT2D eigenvalue weighted by Gasteiger charge is 2.52. The van der Waals surface area contributed by atoms with Gasteiger partial charge in [0, 0.05) is 37.1 Å². The third kappa shape index (κ3) is 2.89. The Morgan fingerprint density at radius 1 is 1.39 bits per heavy atom. The van der Waals surface area contributed by atoms with E-state index in [4.69, 9.17) is 9.26 Å². The summed E-state index contributed by atoms with van der Waals surface area (Å²) >= 11 is 0. The van der Waals surface area contributed by atoms with Crippen molar-refractivity contribution >= 4 is 5.91 Å². The van der Waals surface area contributed by atoms with Crippen molar-refractivity contribution < 1.29 is 14.1 Å². The van der Waals surface area contributed by atoms with Gasteiger partial charge in [-0.1, -0.05) is 25.9 Å². The third-order valence-corrected chi connectivity index (χ3v) is 5.73. The lowest BCUT2D eigenvalue weighted by Crippen LogP contribution is -2.41. The van der Waals surface area contributed by atoms with Gasteiger partial charge in [0.1, 0.15) is 0 Å². The average molecular weight is 321 g/mol. The molecule has 0 N–H and O–H groups in total. The molecule has 3 heterocycles.